The summed E-state index contributed by atoms with van der Waals surface area (Å²) < 4.78 is 5.49. The van der Waals surface area contributed by atoms with E-state index in [1.54, 1.807) is 0 Å². The summed E-state index contributed by atoms with van der Waals surface area (Å²) in [7, 11) is 0. The Kier molecular flexibility index (Phi) is 69.4. The van der Waals surface area contributed by atoms with E-state index < -0.39 is 12.1 Å². The number of hydrogen-bond acceptors (Lipinski definition) is 5. The predicted molar refractivity (Wildman–Crippen MR) is 361 cm³/mol. The van der Waals surface area contributed by atoms with Crippen LogP contribution in [0.15, 0.2) is 48.6 Å². The third kappa shape index (κ3) is 67.0. The van der Waals surface area contributed by atoms with Crippen LogP contribution in [0.4, 0.5) is 0 Å². The average molecular weight is 1150 g/mol. The zero-order valence-corrected chi connectivity index (χ0v) is 55.2. The number of carbonyl (C=O) groups is 2. The Morgan fingerprint density at radius 2 is 0.610 bits per heavy atom. The van der Waals surface area contributed by atoms with Crippen molar-refractivity contribution in [2.45, 2.75) is 411 Å². The van der Waals surface area contributed by atoms with E-state index in [4.69, 9.17) is 4.74 Å². The molecule has 2 atom stereocenters. The normalized spacial score (nSPS) is 12.8. The van der Waals surface area contributed by atoms with Gasteiger partial charge in [-0.2, -0.15) is 0 Å². The first-order valence-electron chi connectivity index (χ1n) is 36.9. The molecule has 0 aliphatic carbocycles. The summed E-state index contributed by atoms with van der Waals surface area (Å²) in [4.78, 5) is 24.6. The molecule has 0 aromatic carbocycles. The van der Waals surface area contributed by atoms with Crippen molar-refractivity contribution in [3.05, 3.63) is 48.6 Å². The van der Waals surface area contributed by atoms with Crippen LogP contribution >= 0.6 is 0 Å². The van der Waals surface area contributed by atoms with E-state index in [-0.39, 0.29) is 18.5 Å². The Morgan fingerprint density at radius 3 is 0.951 bits per heavy atom. The number of aliphatic hydroxyl groups excluding tert-OH is 2. The van der Waals surface area contributed by atoms with Gasteiger partial charge in [0.1, 0.15) is 0 Å². The lowest BCUT2D eigenvalue weighted by atomic mass is 10.0. The van der Waals surface area contributed by atoms with Crippen molar-refractivity contribution in [3.8, 4) is 0 Å². The second-order valence-corrected chi connectivity index (χ2v) is 25.3. The van der Waals surface area contributed by atoms with Crippen molar-refractivity contribution in [2.75, 3.05) is 13.2 Å². The molecule has 0 aliphatic rings. The third-order valence-corrected chi connectivity index (χ3v) is 17.1. The quantitative estimate of drug-likeness (QED) is 0.0320. The van der Waals surface area contributed by atoms with Crippen LogP contribution in [0.1, 0.15) is 399 Å². The minimum absolute atomic E-state index is 0.00287. The topological polar surface area (TPSA) is 95.9 Å². The Hall–Kier alpha value is -2.18. The first kappa shape index (κ1) is 79.8. The second-order valence-electron chi connectivity index (χ2n) is 25.3. The molecule has 0 rings (SSSR count). The van der Waals surface area contributed by atoms with Gasteiger partial charge in [0.05, 0.1) is 25.4 Å². The Balaban J connectivity index is 3.37. The molecule has 0 bridgehead atoms. The van der Waals surface area contributed by atoms with E-state index in [9.17, 15) is 19.8 Å². The number of aliphatic hydroxyl groups is 2. The van der Waals surface area contributed by atoms with Gasteiger partial charge in [0.25, 0.3) is 0 Å². The molecule has 0 aromatic heterocycles. The maximum atomic E-state index is 12.5. The van der Waals surface area contributed by atoms with Crippen LogP contribution in [-0.2, 0) is 14.3 Å². The molecule has 6 nitrogen and oxygen atoms in total. The van der Waals surface area contributed by atoms with Crippen LogP contribution in [0.3, 0.4) is 0 Å². The fraction of sp³-hybridized carbons (Fsp3) is 0.868. The lowest BCUT2D eigenvalue weighted by Gasteiger charge is -2.22. The molecule has 0 radical (unpaired) electrons. The van der Waals surface area contributed by atoms with Crippen molar-refractivity contribution >= 4 is 11.9 Å². The molecule has 0 aliphatic heterocycles. The number of unbranched alkanes of at least 4 members (excludes halogenated alkanes) is 50. The first-order chi connectivity index (χ1) is 40.5. The molecule has 0 heterocycles. The summed E-state index contributed by atoms with van der Waals surface area (Å²) in [5.74, 6) is -0.0273. The number of rotatable bonds is 69. The van der Waals surface area contributed by atoms with Crippen molar-refractivity contribution in [1.29, 1.82) is 0 Å². The fourth-order valence-corrected chi connectivity index (χ4v) is 11.5. The van der Waals surface area contributed by atoms with E-state index >= 15 is 0 Å². The van der Waals surface area contributed by atoms with Gasteiger partial charge < -0.3 is 20.3 Å². The molecule has 2 unspecified atom stereocenters. The third-order valence-electron chi connectivity index (χ3n) is 17.1. The van der Waals surface area contributed by atoms with E-state index in [0.717, 1.165) is 57.8 Å². The second kappa shape index (κ2) is 71.3. The largest absolute Gasteiger partial charge is 0.466 e. The average Bonchev–Trinajstić information content (AvgIpc) is 3.48. The van der Waals surface area contributed by atoms with Crippen molar-refractivity contribution < 1.29 is 24.5 Å². The van der Waals surface area contributed by atoms with Gasteiger partial charge in [-0.05, 0) is 89.9 Å². The first-order valence-corrected chi connectivity index (χ1v) is 36.9. The van der Waals surface area contributed by atoms with Gasteiger partial charge in [0, 0.05) is 12.8 Å². The fourth-order valence-electron chi connectivity index (χ4n) is 11.5. The number of carbonyl (C=O) groups excluding carboxylic acids is 2. The molecule has 3 N–H and O–H groups in total. The van der Waals surface area contributed by atoms with Gasteiger partial charge >= 0.3 is 5.97 Å². The molecular formula is C76H143NO5. The molecule has 0 fully saturated rings. The number of ether oxygens (including phenoxy) is 1. The minimum Gasteiger partial charge on any atom is -0.466 e. The van der Waals surface area contributed by atoms with Crippen LogP contribution in [0, 0.1) is 0 Å². The van der Waals surface area contributed by atoms with Crippen LogP contribution in [0.5, 0.6) is 0 Å². The van der Waals surface area contributed by atoms with E-state index in [1.165, 1.54) is 308 Å². The highest BCUT2D eigenvalue weighted by Gasteiger charge is 2.20. The molecule has 0 saturated carbocycles. The monoisotopic (exact) mass is 1150 g/mol. The predicted octanol–water partition coefficient (Wildman–Crippen LogP) is 24.0. The van der Waals surface area contributed by atoms with Crippen LogP contribution in [0.2, 0.25) is 0 Å². The zero-order chi connectivity index (χ0) is 59.2. The maximum absolute atomic E-state index is 12.5. The Morgan fingerprint density at radius 1 is 0.341 bits per heavy atom. The summed E-state index contributed by atoms with van der Waals surface area (Å²) in [6.07, 6.45) is 93.2. The molecule has 0 aromatic rings. The lowest BCUT2D eigenvalue weighted by molar-refractivity contribution is -0.143. The molecule has 1 amide bonds. The Labute approximate surface area is 512 Å². The SMILES string of the molecule is CCCCC/C=C\C/C=C\CCCCCCCC(=O)OCCCCCCCCCCCCC/C=C\C/C=C\CCCCCCCCCCCCCCCCCCCC(=O)NC(CO)C(O)CCCCCCCCCCCCCCCCC. The van der Waals surface area contributed by atoms with E-state index in [1.807, 2.05) is 0 Å². The van der Waals surface area contributed by atoms with Gasteiger partial charge in [-0.15, -0.1) is 0 Å². The van der Waals surface area contributed by atoms with E-state index in [2.05, 4.69) is 67.8 Å². The van der Waals surface area contributed by atoms with Crippen molar-refractivity contribution in [3.63, 3.8) is 0 Å². The highest BCUT2D eigenvalue weighted by Crippen LogP contribution is 2.19. The van der Waals surface area contributed by atoms with Crippen molar-refractivity contribution in [2.24, 2.45) is 0 Å². The highest BCUT2D eigenvalue weighted by molar-refractivity contribution is 5.76. The van der Waals surface area contributed by atoms with Gasteiger partial charge in [0.2, 0.25) is 5.91 Å². The molecule has 482 valence electrons. The summed E-state index contributed by atoms with van der Waals surface area (Å²) in [5, 5.41) is 23.3. The smallest absolute Gasteiger partial charge is 0.305 e. The van der Waals surface area contributed by atoms with Crippen LogP contribution in [-0.4, -0.2) is 47.4 Å². The van der Waals surface area contributed by atoms with Gasteiger partial charge in [-0.1, -0.05) is 345 Å². The van der Waals surface area contributed by atoms with Gasteiger partial charge in [0.15, 0.2) is 0 Å². The molecular weight excluding hydrogens is 1010 g/mol. The molecule has 0 spiro atoms. The molecule has 82 heavy (non-hydrogen) atoms. The highest BCUT2D eigenvalue weighted by atomic mass is 16.5. The summed E-state index contributed by atoms with van der Waals surface area (Å²) in [5.41, 5.74) is 0. The number of allylic oxidation sites excluding steroid dienone is 8. The number of nitrogens with one attached hydrogen (secondary N) is 1. The summed E-state index contributed by atoms with van der Waals surface area (Å²) in [6, 6.07) is -0.540. The van der Waals surface area contributed by atoms with Crippen LogP contribution < -0.4 is 5.32 Å². The number of hydrogen-bond donors (Lipinski definition) is 3. The Bertz CT molecular complexity index is 1370. The maximum Gasteiger partial charge on any atom is 0.305 e. The summed E-state index contributed by atoms with van der Waals surface area (Å²) >= 11 is 0. The standard InChI is InChI=1S/C76H143NO5/c1-3-5-7-9-11-13-15-17-40-44-48-52-56-60-64-68-74(79)73(72-78)77-75(80)69-65-61-57-53-49-45-42-38-36-34-32-30-28-26-24-22-20-19-21-23-25-27-29-31-33-35-37-39-43-47-51-55-59-63-67-71-82-76(81)70-66-62-58-54-50-46-41-18-16-14-12-10-8-6-4-2/h12,14,18,21,23,27,29,41,73-74,78-79H,3-11,13,15-17,19-20,22,24-26,28,30-40,42-72H2,1-2H3,(H,77,80)/b14-12-,23-21-,29-27-,41-18-. The number of esters is 1. The van der Waals surface area contributed by atoms with Crippen LogP contribution in [0.25, 0.3) is 0 Å². The lowest BCUT2D eigenvalue weighted by Crippen LogP contribution is -2.45. The van der Waals surface area contributed by atoms with E-state index in [0.29, 0.717) is 25.9 Å². The zero-order valence-electron chi connectivity index (χ0n) is 55.2. The minimum atomic E-state index is -0.663. The van der Waals surface area contributed by atoms with Gasteiger partial charge in [-0.3, -0.25) is 9.59 Å². The number of amides is 1. The van der Waals surface area contributed by atoms with Crippen molar-refractivity contribution in [1.82, 2.24) is 5.32 Å². The molecule has 0 saturated heterocycles. The summed E-state index contributed by atoms with van der Waals surface area (Å²) in [6.45, 7) is 4.95. The molecule has 6 heteroatoms. The van der Waals surface area contributed by atoms with Gasteiger partial charge in [-0.25, -0.2) is 0 Å².